The Morgan fingerprint density at radius 1 is 0.972 bits per heavy atom. The highest BCUT2D eigenvalue weighted by Crippen LogP contribution is 2.41. The van der Waals surface area contributed by atoms with Crippen molar-refractivity contribution in [3.8, 4) is 22.7 Å². The van der Waals surface area contributed by atoms with Crippen LogP contribution in [0.4, 0.5) is 4.39 Å². The molecule has 1 N–H and O–H groups in total. The second kappa shape index (κ2) is 9.09. The molecule has 9 heteroatoms. The zero-order valence-electron chi connectivity index (χ0n) is 19.0. The normalized spacial score (nSPS) is 17.4. The molecule has 0 aliphatic carbocycles. The van der Waals surface area contributed by atoms with Crippen molar-refractivity contribution in [1.82, 2.24) is 14.8 Å². The number of hydrogen-bond donors (Lipinski definition) is 1. The van der Waals surface area contributed by atoms with E-state index in [0.717, 1.165) is 16.8 Å². The summed E-state index contributed by atoms with van der Waals surface area (Å²) in [6.45, 7) is 0. The third-order valence-electron chi connectivity index (χ3n) is 6.11. The summed E-state index contributed by atoms with van der Waals surface area (Å²) >= 11 is 1.33. The van der Waals surface area contributed by atoms with Gasteiger partial charge in [0.25, 0.3) is 5.91 Å². The Kier molecular flexibility index (Phi) is 5.61. The number of aromatic hydroxyl groups is 1. The number of amidine groups is 1. The first-order valence-electron chi connectivity index (χ1n) is 11.4. The van der Waals surface area contributed by atoms with Crippen LogP contribution in [0.25, 0.3) is 16.9 Å². The van der Waals surface area contributed by atoms with E-state index in [1.165, 1.54) is 23.9 Å². The Morgan fingerprint density at radius 3 is 2.44 bits per heavy atom. The molecule has 2 aliphatic heterocycles. The van der Waals surface area contributed by atoms with Gasteiger partial charge in [-0.1, -0.05) is 42.1 Å². The van der Waals surface area contributed by atoms with Gasteiger partial charge in [0.2, 0.25) is 0 Å². The first-order valence-corrected chi connectivity index (χ1v) is 12.4. The summed E-state index contributed by atoms with van der Waals surface area (Å²) in [5.74, 6) is -0.147. The molecule has 0 saturated heterocycles. The lowest BCUT2D eigenvalue weighted by atomic mass is 9.96. The summed E-state index contributed by atoms with van der Waals surface area (Å²) in [5.41, 5.74) is 4.46. The average Bonchev–Trinajstić information content (AvgIpc) is 3.63. The molecule has 1 aromatic heterocycles. The number of carbonyl (C=O) groups excluding carboxylic acids is 1. The molecule has 7 nitrogen and oxygen atoms in total. The summed E-state index contributed by atoms with van der Waals surface area (Å²) in [5, 5.41) is 22.4. The summed E-state index contributed by atoms with van der Waals surface area (Å²) < 4.78 is 15.5. The Bertz CT molecular complexity index is 1510. The van der Waals surface area contributed by atoms with Crippen LogP contribution in [0.1, 0.15) is 23.6 Å². The van der Waals surface area contributed by atoms with Gasteiger partial charge >= 0.3 is 0 Å². The lowest BCUT2D eigenvalue weighted by Crippen LogP contribution is -2.24. The second-order valence-corrected chi connectivity index (χ2v) is 9.37. The summed E-state index contributed by atoms with van der Waals surface area (Å²) in [4.78, 5) is 16.2. The predicted octanol–water partition coefficient (Wildman–Crippen LogP) is 5.16. The van der Waals surface area contributed by atoms with Gasteiger partial charge in [-0.05, 0) is 48.5 Å². The minimum atomic E-state index is -0.339. The van der Waals surface area contributed by atoms with Crippen molar-refractivity contribution in [2.24, 2.45) is 10.1 Å². The van der Waals surface area contributed by atoms with Gasteiger partial charge in [-0.25, -0.2) is 14.1 Å². The highest BCUT2D eigenvalue weighted by Gasteiger charge is 2.37. The van der Waals surface area contributed by atoms with Gasteiger partial charge in [0.1, 0.15) is 11.6 Å². The van der Waals surface area contributed by atoms with Gasteiger partial charge in [-0.2, -0.15) is 15.2 Å². The van der Waals surface area contributed by atoms with Crippen LogP contribution in [-0.4, -0.2) is 42.4 Å². The van der Waals surface area contributed by atoms with Crippen LogP contribution in [0, 0.1) is 5.82 Å². The fourth-order valence-electron chi connectivity index (χ4n) is 4.40. The molecule has 1 unspecified atom stereocenters. The fraction of sp³-hybridized carbons (Fsp3) is 0.111. The number of para-hydroxylation sites is 2. The maximum Gasteiger partial charge on any atom is 0.258 e. The van der Waals surface area contributed by atoms with E-state index in [4.69, 9.17) is 10.2 Å². The molecule has 0 saturated carbocycles. The van der Waals surface area contributed by atoms with Crippen molar-refractivity contribution < 1.29 is 14.3 Å². The minimum absolute atomic E-state index is 0.132. The van der Waals surface area contributed by atoms with Gasteiger partial charge in [0.05, 0.1) is 28.9 Å². The van der Waals surface area contributed by atoms with E-state index in [9.17, 15) is 14.3 Å². The molecule has 0 bridgehead atoms. The zero-order valence-corrected chi connectivity index (χ0v) is 19.8. The number of phenols is 1. The third kappa shape index (κ3) is 4.07. The van der Waals surface area contributed by atoms with Gasteiger partial charge in [-0.15, -0.1) is 0 Å². The summed E-state index contributed by atoms with van der Waals surface area (Å²) in [6, 6.07) is 22.6. The molecule has 0 spiro atoms. The van der Waals surface area contributed by atoms with Crippen LogP contribution in [0.3, 0.4) is 0 Å². The summed E-state index contributed by atoms with van der Waals surface area (Å²) in [7, 11) is 0. The average molecular weight is 498 g/mol. The second-order valence-electron chi connectivity index (χ2n) is 8.43. The van der Waals surface area contributed by atoms with Crippen LogP contribution in [-0.2, 0) is 4.79 Å². The Hall–Kier alpha value is -4.24. The largest absolute Gasteiger partial charge is 0.507 e. The van der Waals surface area contributed by atoms with E-state index >= 15 is 0 Å². The van der Waals surface area contributed by atoms with Crippen LogP contribution in [0.5, 0.6) is 5.75 Å². The topological polar surface area (TPSA) is 83.1 Å². The van der Waals surface area contributed by atoms with Crippen molar-refractivity contribution >= 4 is 28.5 Å². The number of hydrazone groups is 1. The maximum atomic E-state index is 13.7. The number of thioether (sulfide) groups is 1. The molecule has 3 heterocycles. The molecular formula is C27H20FN5O2S. The smallest absolute Gasteiger partial charge is 0.258 e. The predicted molar refractivity (Wildman–Crippen MR) is 138 cm³/mol. The van der Waals surface area contributed by atoms with Crippen LogP contribution < -0.4 is 0 Å². The van der Waals surface area contributed by atoms with E-state index in [1.807, 2.05) is 48.7 Å². The first-order chi connectivity index (χ1) is 17.6. The maximum absolute atomic E-state index is 13.7. The number of aliphatic imine (C=N–C) groups is 1. The van der Waals surface area contributed by atoms with E-state index < -0.39 is 0 Å². The fourth-order valence-corrected chi connectivity index (χ4v) is 5.18. The number of benzene rings is 3. The molecule has 0 fully saturated rings. The van der Waals surface area contributed by atoms with E-state index in [0.29, 0.717) is 28.6 Å². The molecular weight excluding hydrogens is 477 g/mol. The zero-order chi connectivity index (χ0) is 24.6. The number of halogens is 1. The molecule has 2 aliphatic rings. The van der Waals surface area contributed by atoms with Gasteiger partial charge in [0, 0.05) is 29.3 Å². The van der Waals surface area contributed by atoms with Gasteiger partial charge < -0.3 is 5.11 Å². The third-order valence-corrected chi connectivity index (χ3v) is 7.03. The van der Waals surface area contributed by atoms with Gasteiger partial charge in [0.15, 0.2) is 5.17 Å². The number of carbonyl (C=O) groups is 1. The van der Waals surface area contributed by atoms with Crippen molar-refractivity contribution in [2.45, 2.75) is 12.5 Å². The molecule has 6 rings (SSSR count). The molecule has 4 aromatic rings. The number of aromatic nitrogens is 2. The minimum Gasteiger partial charge on any atom is -0.507 e. The highest BCUT2D eigenvalue weighted by molar-refractivity contribution is 8.14. The van der Waals surface area contributed by atoms with E-state index in [1.54, 1.807) is 34.0 Å². The monoisotopic (exact) mass is 497 g/mol. The number of rotatable bonds is 4. The van der Waals surface area contributed by atoms with Crippen LogP contribution in [0.15, 0.2) is 95.2 Å². The van der Waals surface area contributed by atoms with Crippen molar-refractivity contribution in [1.29, 1.82) is 0 Å². The van der Waals surface area contributed by atoms with Crippen molar-refractivity contribution in [3.05, 3.63) is 102 Å². The lowest BCUT2D eigenvalue weighted by molar-refractivity contribution is -0.115. The van der Waals surface area contributed by atoms with Crippen molar-refractivity contribution in [3.63, 3.8) is 0 Å². The number of nitrogens with zero attached hydrogens (tertiary/aromatic N) is 5. The van der Waals surface area contributed by atoms with Crippen molar-refractivity contribution in [2.75, 3.05) is 5.75 Å². The Labute approximate surface area is 210 Å². The SMILES string of the molecule is O=C1CSC(N2N=C(c3ccccc3O)CC2c2cn(-c3ccccc3)nc2-c2ccc(F)cc2)=N1. The summed E-state index contributed by atoms with van der Waals surface area (Å²) in [6.07, 6.45) is 2.40. The first kappa shape index (κ1) is 22.2. The Balaban J connectivity index is 1.50. The van der Waals surface area contributed by atoms with E-state index in [2.05, 4.69) is 4.99 Å². The molecule has 0 radical (unpaired) electrons. The molecule has 3 aromatic carbocycles. The molecule has 36 heavy (non-hydrogen) atoms. The number of amides is 1. The highest BCUT2D eigenvalue weighted by atomic mass is 32.2. The number of hydrogen-bond acceptors (Lipinski definition) is 6. The lowest BCUT2D eigenvalue weighted by Gasteiger charge is -2.22. The quantitative estimate of drug-likeness (QED) is 0.421. The Morgan fingerprint density at radius 2 is 1.72 bits per heavy atom. The van der Waals surface area contributed by atoms with Crippen LogP contribution in [0.2, 0.25) is 0 Å². The standard InChI is InChI=1S/C27H20FN5O2S/c28-18-12-10-17(11-13-18)26-21(15-32(31-26)19-6-2-1-3-7-19)23-14-22(20-8-4-5-9-24(20)34)30-33(23)27-29-25(35)16-36-27/h1-13,15,23,34H,14,16H2. The molecule has 1 amide bonds. The molecule has 178 valence electrons. The molecule has 1 atom stereocenters. The van der Waals surface area contributed by atoms with Gasteiger partial charge in [-0.3, -0.25) is 4.79 Å². The van der Waals surface area contributed by atoms with E-state index in [-0.39, 0.29) is 29.3 Å². The van der Waals surface area contributed by atoms with Crippen LogP contribution >= 0.6 is 11.8 Å². The number of phenolic OH excluding ortho intramolecular Hbond substituents is 1.